The third-order valence-corrected chi connectivity index (χ3v) is 1.91. The topological polar surface area (TPSA) is 26.5 Å². The van der Waals surface area contributed by atoms with Crippen LogP contribution in [-0.4, -0.2) is 16.0 Å². The fourth-order valence-electron chi connectivity index (χ4n) is 1.37. The maximum absolute atomic E-state index is 12.1. The first-order chi connectivity index (χ1) is 6.97. The summed E-state index contributed by atoms with van der Waals surface area (Å²) in [6.07, 6.45) is -1.64. The molecule has 80 valence electrons. The Morgan fingerprint density at radius 3 is 2.80 bits per heavy atom. The van der Waals surface area contributed by atoms with Crippen LogP contribution in [0.25, 0.3) is 5.52 Å². The summed E-state index contributed by atoms with van der Waals surface area (Å²) < 4.78 is 41.4. The third-order valence-electron chi connectivity index (χ3n) is 1.91. The van der Waals surface area contributed by atoms with Gasteiger partial charge in [0.05, 0.1) is 6.20 Å². The molecule has 0 saturated heterocycles. The molecule has 0 aliphatic heterocycles. The number of hydrogen-bond donors (Lipinski definition) is 0. The first-order valence-electron chi connectivity index (χ1n) is 4.16. The van der Waals surface area contributed by atoms with E-state index in [2.05, 4.69) is 9.84 Å². The Hall–Kier alpha value is -1.72. The van der Waals surface area contributed by atoms with Crippen molar-refractivity contribution in [2.75, 3.05) is 0 Å². The van der Waals surface area contributed by atoms with Crippen molar-refractivity contribution in [2.45, 2.75) is 13.3 Å². The highest BCUT2D eigenvalue weighted by molar-refractivity contribution is 5.64. The van der Waals surface area contributed by atoms with Gasteiger partial charge in [-0.1, -0.05) is 0 Å². The van der Waals surface area contributed by atoms with E-state index < -0.39 is 6.36 Å². The van der Waals surface area contributed by atoms with Gasteiger partial charge in [0.25, 0.3) is 0 Å². The maximum atomic E-state index is 12.1. The fraction of sp³-hybridized carbons (Fsp3) is 0.222. The lowest BCUT2D eigenvalue weighted by Gasteiger charge is -2.10. The van der Waals surface area contributed by atoms with Crippen LogP contribution in [0, 0.1) is 6.92 Å². The van der Waals surface area contributed by atoms with Gasteiger partial charge in [0.15, 0.2) is 5.75 Å². The van der Waals surface area contributed by atoms with Crippen LogP contribution >= 0.6 is 0 Å². The van der Waals surface area contributed by atoms with Gasteiger partial charge < -0.3 is 4.74 Å². The summed E-state index contributed by atoms with van der Waals surface area (Å²) in [5, 5.41) is 3.88. The molecule has 2 aromatic rings. The zero-order valence-electron chi connectivity index (χ0n) is 7.75. The summed E-state index contributed by atoms with van der Waals surface area (Å²) in [6.45, 7) is 1.67. The number of alkyl halides is 3. The molecule has 2 heterocycles. The van der Waals surface area contributed by atoms with E-state index in [1.54, 1.807) is 13.1 Å². The summed E-state index contributed by atoms with van der Waals surface area (Å²) in [5.41, 5.74) is 0.963. The first kappa shape index (κ1) is 9.82. The van der Waals surface area contributed by atoms with Crippen molar-refractivity contribution in [3.63, 3.8) is 0 Å². The molecule has 2 aromatic heterocycles. The highest BCUT2D eigenvalue weighted by Crippen LogP contribution is 2.28. The van der Waals surface area contributed by atoms with Crippen LogP contribution < -0.4 is 4.74 Å². The van der Waals surface area contributed by atoms with Crippen molar-refractivity contribution >= 4 is 5.52 Å². The Morgan fingerprint density at radius 1 is 1.40 bits per heavy atom. The minimum absolute atomic E-state index is 0.236. The minimum atomic E-state index is -4.68. The minimum Gasteiger partial charge on any atom is -0.403 e. The van der Waals surface area contributed by atoms with E-state index in [4.69, 9.17) is 0 Å². The molecule has 0 unspecified atom stereocenters. The van der Waals surface area contributed by atoms with E-state index in [9.17, 15) is 13.2 Å². The molecule has 0 saturated carbocycles. The number of aromatic nitrogens is 2. The van der Waals surface area contributed by atoms with Crippen LogP contribution in [0.5, 0.6) is 5.75 Å². The average molecular weight is 216 g/mol. The van der Waals surface area contributed by atoms with Crippen LogP contribution in [-0.2, 0) is 0 Å². The predicted molar refractivity (Wildman–Crippen MR) is 46.6 cm³/mol. The number of hydrogen-bond acceptors (Lipinski definition) is 2. The molecule has 0 aliphatic carbocycles. The Kier molecular flexibility index (Phi) is 2.06. The second-order valence-corrected chi connectivity index (χ2v) is 3.04. The van der Waals surface area contributed by atoms with E-state index in [-0.39, 0.29) is 5.75 Å². The Morgan fingerprint density at radius 2 is 2.13 bits per heavy atom. The van der Waals surface area contributed by atoms with Crippen LogP contribution in [0.1, 0.15) is 5.56 Å². The van der Waals surface area contributed by atoms with Crippen LogP contribution in [0.15, 0.2) is 24.5 Å². The Bertz CT molecular complexity index is 490. The van der Waals surface area contributed by atoms with Crippen molar-refractivity contribution < 1.29 is 17.9 Å². The van der Waals surface area contributed by atoms with Crippen molar-refractivity contribution in [1.29, 1.82) is 0 Å². The fourth-order valence-corrected chi connectivity index (χ4v) is 1.37. The van der Waals surface area contributed by atoms with Gasteiger partial charge in [0, 0.05) is 6.20 Å². The molecule has 0 spiro atoms. The van der Waals surface area contributed by atoms with E-state index in [1.807, 2.05) is 0 Å². The van der Waals surface area contributed by atoms with E-state index in [1.165, 1.54) is 22.8 Å². The van der Waals surface area contributed by atoms with E-state index in [0.29, 0.717) is 11.1 Å². The summed E-state index contributed by atoms with van der Waals surface area (Å²) in [6, 6.07) is 2.71. The van der Waals surface area contributed by atoms with Crippen molar-refractivity contribution in [3.05, 3.63) is 30.1 Å². The molecule has 15 heavy (non-hydrogen) atoms. The number of halogens is 3. The van der Waals surface area contributed by atoms with Gasteiger partial charge >= 0.3 is 6.36 Å². The standard InChI is InChI=1S/C9H7F3N2O/c1-6-5-13-14-4-2-3-7(8(6)14)15-9(10,11)12/h2-5H,1H3. The average Bonchev–Trinajstić information content (AvgIpc) is 2.46. The second-order valence-electron chi connectivity index (χ2n) is 3.04. The lowest BCUT2D eigenvalue weighted by molar-refractivity contribution is -0.274. The van der Waals surface area contributed by atoms with Crippen molar-refractivity contribution in [2.24, 2.45) is 0 Å². The largest absolute Gasteiger partial charge is 0.573 e. The quantitative estimate of drug-likeness (QED) is 0.732. The third kappa shape index (κ3) is 1.88. The number of nitrogens with zero attached hydrogens (tertiary/aromatic N) is 2. The molecule has 0 atom stereocenters. The number of pyridine rings is 1. The molecule has 0 radical (unpaired) electrons. The highest BCUT2D eigenvalue weighted by Gasteiger charge is 2.32. The van der Waals surface area contributed by atoms with E-state index in [0.717, 1.165) is 0 Å². The lowest BCUT2D eigenvalue weighted by Crippen LogP contribution is -2.17. The number of aryl methyl sites for hydroxylation is 1. The van der Waals surface area contributed by atoms with E-state index >= 15 is 0 Å². The van der Waals surface area contributed by atoms with Crippen LogP contribution in [0.2, 0.25) is 0 Å². The molecule has 6 heteroatoms. The SMILES string of the molecule is Cc1cnn2cccc(OC(F)(F)F)c12. The van der Waals surface area contributed by atoms with Crippen LogP contribution in [0.3, 0.4) is 0 Å². The second kappa shape index (κ2) is 3.15. The Balaban J connectivity index is 2.55. The lowest BCUT2D eigenvalue weighted by atomic mass is 10.3. The van der Waals surface area contributed by atoms with Crippen molar-refractivity contribution in [1.82, 2.24) is 9.61 Å². The molecule has 0 fully saturated rings. The monoisotopic (exact) mass is 216 g/mol. The number of rotatable bonds is 1. The molecular weight excluding hydrogens is 209 g/mol. The summed E-state index contributed by atoms with van der Waals surface area (Å²) in [5.74, 6) is -0.236. The van der Waals surface area contributed by atoms with Gasteiger partial charge in [-0.2, -0.15) is 5.10 Å². The first-order valence-corrected chi connectivity index (χ1v) is 4.16. The van der Waals surface area contributed by atoms with Gasteiger partial charge in [0.1, 0.15) is 5.52 Å². The molecule has 0 N–H and O–H groups in total. The van der Waals surface area contributed by atoms with Gasteiger partial charge in [-0.15, -0.1) is 13.2 Å². The van der Waals surface area contributed by atoms with Gasteiger partial charge in [0.2, 0.25) is 0 Å². The highest BCUT2D eigenvalue weighted by atomic mass is 19.4. The number of fused-ring (bicyclic) bond motifs is 1. The predicted octanol–water partition coefficient (Wildman–Crippen LogP) is 2.54. The summed E-state index contributed by atoms with van der Waals surface area (Å²) in [4.78, 5) is 0. The van der Waals surface area contributed by atoms with Gasteiger partial charge in [-0.3, -0.25) is 0 Å². The molecule has 0 bridgehead atoms. The molecule has 0 aromatic carbocycles. The zero-order valence-corrected chi connectivity index (χ0v) is 7.75. The summed E-state index contributed by atoms with van der Waals surface area (Å²) >= 11 is 0. The molecule has 3 nitrogen and oxygen atoms in total. The zero-order chi connectivity index (χ0) is 11.1. The van der Waals surface area contributed by atoms with Crippen LogP contribution in [0.4, 0.5) is 13.2 Å². The van der Waals surface area contributed by atoms with Gasteiger partial charge in [-0.05, 0) is 24.6 Å². The maximum Gasteiger partial charge on any atom is 0.573 e. The Labute approximate surface area is 83.1 Å². The number of ether oxygens (including phenoxy) is 1. The molecule has 0 amide bonds. The smallest absolute Gasteiger partial charge is 0.403 e. The van der Waals surface area contributed by atoms with Gasteiger partial charge in [-0.25, -0.2) is 4.52 Å². The molecule has 0 aliphatic rings. The van der Waals surface area contributed by atoms with Crippen molar-refractivity contribution in [3.8, 4) is 5.75 Å². The summed E-state index contributed by atoms with van der Waals surface area (Å²) in [7, 11) is 0. The normalized spacial score (nSPS) is 12.0. The molecule has 2 rings (SSSR count). The molecular formula is C9H7F3N2O.